The third-order valence-electron chi connectivity index (χ3n) is 1.22. The normalized spacial score (nSPS) is 11.9. The molecule has 0 aromatic rings. The van der Waals surface area contributed by atoms with Crippen LogP contribution in [0.4, 0.5) is 4.79 Å². The van der Waals surface area contributed by atoms with Crippen molar-refractivity contribution in [2.75, 3.05) is 0 Å². The van der Waals surface area contributed by atoms with Crippen LogP contribution in [0.5, 0.6) is 0 Å². The fraction of sp³-hybridized carbons (Fsp3) is 0.500. The molecule has 15 heavy (non-hydrogen) atoms. The molecule has 0 fully saturated rings. The van der Waals surface area contributed by atoms with E-state index >= 15 is 0 Å². The molecule has 0 aromatic carbocycles. The number of allylic oxidation sites excluding steroid dienone is 1. The zero-order chi connectivity index (χ0) is 12.1. The second-order valence-corrected chi connectivity index (χ2v) is 3.81. The molecule has 0 aliphatic carbocycles. The van der Waals surface area contributed by atoms with Gasteiger partial charge < -0.3 is 20.2 Å². The minimum Gasteiger partial charge on any atom is -0.444 e. The van der Waals surface area contributed by atoms with E-state index in [0.29, 0.717) is 0 Å². The first-order valence-corrected chi connectivity index (χ1v) is 4.32. The highest BCUT2D eigenvalue weighted by molar-refractivity contribution is 6.56. The Morgan fingerprint density at radius 2 is 2.00 bits per heavy atom. The minimum absolute atomic E-state index is 0.138. The van der Waals surface area contributed by atoms with Crippen LogP contribution in [-0.4, -0.2) is 35.1 Å². The average Bonchev–Trinajstić information content (AvgIpc) is 2.01. The average molecular weight is 214 g/mol. The summed E-state index contributed by atoms with van der Waals surface area (Å²) in [6.07, 6.45) is 1.01. The molecule has 1 amide bonds. The van der Waals surface area contributed by atoms with Crippen molar-refractivity contribution in [3.05, 3.63) is 11.7 Å². The van der Waals surface area contributed by atoms with Crippen molar-refractivity contribution in [1.29, 1.82) is 5.41 Å². The van der Waals surface area contributed by atoms with Crippen LogP contribution in [0.3, 0.4) is 0 Å². The third kappa shape index (κ3) is 6.70. The van der Waals surface area contributed by atoms with Gasteiger partial charge in [0, 0.05) is 17.9 Å². The maximum atomic E-state index is 11.1. The standard InChI is InChI=1S/C8H15BN2O4/c1-8(2,3)15-7(12)11-5-6(4-10)9(13)14/h4-5,10,13-14H,1-3H3,(H,11,12)/b6-5+,10-4?. The molecule has 0 spiro atoms. The second-order valence-electron chi connectivity index (χ2n) is 3.81. The van der Waals surface area contributed by atoms with E-state index in [2.05, 4.69) is 5.32 Å². The van der Waals surface area contributed by atoms with Crippen molar-refractivity contribution in [1.82, 2.24) is 5.32 Å². The molecule has 0 radical (unpaired) electrons. The Kier molecular flexibility index (Phi) is 5.03. The molecule has 6 nitrogen and oxygen atoms in total. The minimum atomic E-state index is -1.79. The highest BCUT2D eigenvalue weighted by Gasteiger charge is 2.16. The fourth-order valence-electron chi connectivity index (χ4n) is 0.641. The number of hydrogen-bond donors (Lipinski definition) is 4. The molecule has 0 saturated heterocycles. The number of carbonyl (C=O) groups is 1. The number of carbonyl (C=O) groups excluding carboxylic acids is 1. The molecule has 0 heterocycles. The number of hydrogen-bond acceptors (Lipinski definition) is 5. The Morgan fingerprint density at radius 3 is 2.33 bits per heavy atom. The van der Waals surface area contributed by atoms with Gasteiger partial charge in [-0.3, -0.25) is 5.32 Å². The number of ether oxygens (including phenoxy) is 1. The van der Waals surface area contributed by atoms with Crippen molar-refractivity contribution in [3.63, 3.8) is 0 Å². The molecule has 0 aromatic heterocycles. The number of amides is 1. The summed E-state index contributed by atoms with van der Waals surface area (Å²) in [5, 5.41) is 26.4. The first-order valence-electron chi connectivity index (χ1n) is 4.32. The van der Waals surface area contributed by atoms with E-state index < -0.39 is 18.8 Å². The zero-order valence-electron chi connectivity index (χ0n) is 8.94. The van der Waals surface area contributed by atoms with E-state index in [1.165, 1.54) is 0 Å². The number of rotatable bonds is 3. The lowest BCUT2D eigenvalue weighted by molar-refractivity contribution is 0.0552. The predicted molar refractivity (Wildman–Crippen MR) is 56.4 cm³/mol. The van der Waals surface area contributed by atoms with E-state index in [4.69, 9.17) is 20.2 Å². The Morgan fingerprint density at radius 1 is 1.47 bits per heavy atom. The lowest BCUT2D eigenvalue weighted by Crippen LogP contribution is -2.31. The molecule has 0 aliphatic rings. The lowest BCUT2D eigenvalue weighted by atomic mass is 9.81. The van der Waals surface area contributed by atoms with Crippen molar-refractivity contribution >= 4 is 19.4 Å². The summed E-state index contributed by atoms with van der Waals surface area (Å²) in [5.74, 6) is 0. The predicted octanol–water partition coefficient (Wildman–Crippen LogP) is 0.0566. The van der Waals surface area contributed by atoms with Gasteiger partial charge in [-0.15, -0.1) is 0 Å². The van der Waals surface area contributed by atoms with Crippen LogP contribution in [0.1, 0.15) is 20.8 Å². The molecule has 0 bridgehead atoms. The highest BCUT2D eigenvalue weighted by atomic mass is 16.6. The molecule has 0 saturated carbocycles. The van der Waals surface area contributed by atoms with E-state index in [1.807, 2.05) is 0 Å². The number of nitrogens with one attached hydrogen (secondary N) is 2. The maximum absolute atomic E-state index is 11.1. The summed E-state index contributed by atoms with van der Waals surface area (Å²) in [4.78, 5) is 11.1. The van der Waals surface area contributed by atoms with Crippen molar-refractivity contribution in [2.24, 2.45) is 0 Å². The fourth-order valence-corrected chi connectivity index (χ4v) is 0.641. The van der Waals surface area contributed by atoms with Crippen LogP contribution in [0.2, 0.25) is 0 Å². The van der Waals surface area contributed by atoms with Crippen LogP contribution in [0, 0.1) is 5.41 Å². The van der Waals surface area contributed by atoms with Gasteiger partial charge in [0.15, 0.2) is 0 Å². The lowest BCUT2D eigenvalue weighted by Gasteiger charge is -2.18. The summed E-state index contributed by atoms with van der Waals surface area (Å²) in [7, 11) is -1.79. The second kappa shape index (κ2) is 5.52. The molecule has 4 N–H and O–H groups in total. The Hall–Kier alpha value is -1.34. The summed E-state index contributed by atoms with van der Waals surface area (Å²) in [5.41, 5.74) is -0.763. The Bertz CT molecular complexity index is 270. The van der Waals surface area contributed by atoms with Gasteiger partial charge >= 0.3 is 13.2 Å². The molecular weight excluding hydrogens is 199 g/mol. The van der Waals surface area contributed by atoms with Crippen LogP contribution < -0.4 is 5.32 Å². The van der Waals surface area contributed by atoms with E-state index in [1.54, 1.807) is 20.8 Å². The van der Waals surface area contributed by atoms with Gasteiger partial charge in [0.05, 0.1) is 0 Å². The molecule has 0 atom stereocenters. The zero-order valence-corrected chi connectivity index (χ0v) is 8.94. The third-order valence-corrected chi connectivity index (χ3v) is 1.22. The molecular formula is C8H15BN2O4. The van der Waals surface area contributed by atoms with Gasteiger partial charge in [-0.05, 0) is 20.8 Å². The summed E-state index contributed by atoms with van der Waals surface area (Å²) < 4.78 is 4.88. The summed E-state index contributed by atoms with van der Waals surface area (Å²) in [6.45, 7) is 5.11. The van der Waals surface area contributed by atoms with Gasteiger partial charge in [0.2, 0.25) is 0 Å². The Balaban J connectivity index is 4.25. The van der Waals surface area contributed by atoms with Gasteiger partial charge in [-0.1, -0.05) is 0 Å². The van der Waals surface area contributed by atoms with Gasteiger partial charge in [-0.2, -0.15) is 0 Å². The summed E-state index contributed by atoms with van der Waals surface area (Å²) >= 11 is 0. The van der Waals surface area contributed by atoms with E-state index in [0.717, 1.165) is 12.4 Å². The number of alkyl carbamates (subject to hydrolysis) is 1. The SMILES string of the molecule is CC(C)(C)OC(=O)N/C=C(\C=N)B(O)O. The highest BCUT2D eigenvalue weighted by Crippen LogP contribution is 2.06. The first-order chi connectivity index (χ1) is 6.76. The van der Waals surface area contributed by atoms with E-state index in [-0.39, 0.29) is 5.47 Å². The van der Waals surface area contributed by atoms with Gasteiger partial charge in [0.25, 0.3) is 0 Å². The molecule has 7 heteroatoms. The molecule has 84 valence electrons. The largest absolute Gasteiger partial charge is 0.491 e. The van der Waals surface area contributed by atoms with Crippen LogP contribution in [0.15, 0.2) is 11.7 Å². The molecule has 0 rings (SSSR count). The topological polar surface area (TPSA) is 103 Å². The molecule has 0 aliphatic heterocycles. The van der Waals surface area contributed by atoms with Crippen LogP contribution in [-0.2, 0) is 4.74 Å². The quantitative estimate of drug-likeness (QED) is 0.393. The van der Waals surface area contributed by atoms with Crippen LogP contribution >= 0.6 is 0 Å². The van der Waals surface area contributed by atoms with Crippen LogP contribution in [0.25, 0.3) is 0 Å². The Labute approximate surface area is 88.6 Å². The van der Waals surface area contributed by atoms with Gasteiger partial charge in [-0.25, -0.2) is 4.79 Å². The monoisotopic (exact) mass is 214 g/mol. The maximum Gasteiger partial charge on any atom is 0.491 e. The van der Waals surface area contributed by atoms with Crippen molar-refractivity contribution in [2.45, 2.75) is 26.4 Å². The van der Waals surface area contributed by atoms with Crippen molar-refractivity contribution in [3.8, 4) is 0 Å². The summed E-state index contributed by atoms with van der Waals surface area (Å²) in [6, 6.07) is 0. The smallest absolute Gasteiger partial charge is 0.444 e. The molecule has 0 unspecified atom stereocenters. The first kappa shape index (κ1) is 13.7. The van der Waals surface area contributed by atoms with E-state index in [9.17, 15) is 4.79 Å². The van der Waals surface area contributed by atoms with Gasteiger partial charge in [0.1, 0.15) is 5.60 Å². The van der Waals surface area contributed by atoms with Crippen molar-refractivity contribution < 1.29 is 19.6 Å².